The molecule has 0 bridgehead atoms. The fraction of sp³-hybridized carbons (Fsp3) is 0.533. The number of hydrazine groups is 1. The van der Waals surface area contributed by atoms with Gasteiger partial charge in [0.15, 0.2) is 0 Å². The summed E-state index contributed by atoms with van der Waals surface area (Å²) in [5.74, 6) is 5.49. The largest absolute Gasteiger partial charge is 0.339 e. The van der Waals surface area contributed by atoms with Crippen molar-refractivity contribution >= 4 is 11.6 Å². The first kappa shape index (κ1) is 13.9. The van der Waals surface area contributed by atoms with Crippen LogP contribution in [0.3, 0.4) is 0 Å². The third-order valence-corrected chi connectivity index (χ3v) is 4.07. The van der Waals surface area contributed by atoms with Crippen LogP contribution in [-0.2, 0) is 0 Å². The SMILES string of the molecule is Cc1cc(NN)ccc1C(=O)N(C)C1CCCCC1. The van der Waals surface area contributed by atoms with E-state index in [4.69, 9.17) is 5.84 Å². The number of nitrogens with two attached hydrogens (primary N) is 1. The van der Waals surface area contributed by atoms with E-state index < -0.39 is 0 Å². The van der Waals surface area contributed by atoms with Gasteiger partial charge in [0.25, 0.3) is 5.91 Å². The minimum absolute atomic E-state index is 0.118. The lowest BCUT2D eigenvalue weighted by Gasteiger charge is -2.31. The molecule has 4 heteroatoms. The summed E-state index contributed by atoms with van der Waals surface area (Å²) in [6, 6.07) is 6.00. The van der Waals surface area contributed by atoms with E-state index in [9.17, 15) is 4.79 Å². The van der Waals surface area contributed by atoms with Crippen molar-refractivity contribution in [2.75, 3.05) is 12.5 Å². The molecule has 4 nitrogen and oxygen atoms in total. The average molecular weight is 261 g/mol. The summed E-state index contributed by atoms with van der Waals surface area (Å²) in [6.45, 7) is 1.95. The molecule has 0 unspecified atom stereocenters. The average Bonchev–Trinajstić information content (AvgIpc) is 2.46. The Morgan fingerprint density at radius 1 is 1.32 bits per heavy atom. The van der Waals surface area contributed by atoms with Crippen molar-refractivity contribution in [1.82, 2.24) is 4.90 Å². The molecule has 1 fully saturated rings. The predicted octanol–water partition coefficient (Wildman–Crippen LogP) is 2.69. The van der Waals surface area contributed by atoms with Crippen LogP contribution in [0.1, 0.15) is 48.0 Å². The van der Waals surface area contributed by atoms with E-state index in [1.165, 1.54) is 19.3 Å². The lowest BCUT2D eigenvalue weighted by Crippen LogP contribution is -2.38. The van der Waals surface area contributed by atoms with Crippen LogP contribution in [0.25, 0.3) is 0 Å². The van der Waals surface area contributed by atoms with Gasteiger partial charge in [-0.15, -0.1) is 0 Å². The molecule has 0 aliphatic heterocycles. The Morgan fingerprint density at radius 2 is 2.00 bits per heavy atom. The van der Waals surface area contributed by atoms with E-state index in [-0.39, 0.29) is 5.91 Å². The summed E-state index contributed by atoms with van der Waals surface area (Å²) in [5, 5.41) is 0. The lowest BCUT2D eigenvalue weighted by molar-refractivity contribution is 0.0695. The van der Waals surface area contributed by atoms with Gasteiger partial charge in [0.1, 0.15) is 0 Å². The number of nitrogen functional groups attached to an aromatic ring is 1. The van der Waals surface area contributed by atoms with E-state index in [2.05, 4.69) is 5.43 Å². The van der Waals surface area contributed by atoms with Crippen LogP contribution >= 0.6 is 0 Å². The molecular formula is C15H23N3O. The van der Waals surface area contributed by atoms with Crippen LogP contribution in [-0.4, -0.2) is 23.9 Å². The minimum Gasteiger partial charge on any atom is -0.339 e. The van der Waals surface area contributed by atoms with Crippen LogP contribution in [0.5, 0.6) is 0 Å². The van der Waals surface area contributed by atoms with Crippen molar-refractivity contribution in [3.05, 3.63) is 29.3 Å². The monoisotopic (exact) mass is 261 g/mol. The summed E-state index contributed by atoms with van der Waals surface area (Å²) < 4.78 is 0. The molecule has 0 atom stereocenters. The van der Waals surface area contributed by atoms with E-state index in [1.54, 1.807) is 0 Å². The van der Waals surface area contributed by atoms with E-state index in [1.807, 2.05) is 37.1 Å². The highest BCUT2D eigenvalue weighted by Crippen LogP contribution is 2.24. The quantitative estimate of drug-likeness (QED) is 0.649. The van der Waals surface area contributed by atoms with Crippen LogP contribution in [0.2, 0.25) is 0 Å². The Balaban J connectivity index is 2.14. The maximum Gasteiger partial charge on any atom is 0.254 e. The first-order valence-corrected chi connectivity index (χ1v) is 6.98. The molecule has 1 saturated carbocycles. The molecule has 104 valence electrons. The van der Waals surface area contributed by atoms with Gasteiger partial charge in [-0.05, 0) is 43.5 Å². The van der Waals surface area contributed by atoms with Gasteiger partial charge in [0.05, 0.1) is 0 Å². The van der Waals surface area contributed by atoms with Gasteiger partial charge in [-0.2, -0.15) is 0 Å². The summed E-state index contributed by atoms with van der Waals surface area (Å²) in [7, 11) is 1.92. The molecule has 1 aromatic carbocycles. The van der Waals surface area contributed by atoms with Crippen LogP contribution in [0, 0.1) is 6.92 Å². The normalized spacial score (nSPS) is 16.2. The molecular weight excluding hydrogens is 238 g/mol. The number of hydrogen-bond acceptors (Lipinski definition) is 3. The van der Waals surface area contributed by atoms with Gasteiger partial charge in [-0.3, -0.25) is 10.6 Å². The van der Waals surface area contributed by atoms with Crippen molar-refractivity contribution < 1.29 is 4.79 Å². The highest BCUT2D eigenvalue weighted by Gasteiger charge is 2.23. The standard InChI is InChI=1S/C15H23N3O/c1-11-10-12(17-16)8-9-14(11)15(19)18(2)13-6-4-3-5-7-13/h8-10,13,17H,3-7,16H2,1-2H3. The Morgan fingerprint density at radius 3 is 2.58 bits per heavy atom. The molecule has 0 aromatic heterocycles. The predicted molar refractivity (Wildman–Crippen MR) is 78.0 cm³/mol. The van der Waals surface area contributed by atoms with E-state index in [0.717, 1.165) is 29.7 Å². The number of hydrogen-bond donors (Lipinski definition) is 2. The van der Waals surface area contributed by atoms with Crippen molar-refractivity contribution in [1.29, 1.82) is 0 Å². The number of amides is 1. The Labute approximate surface area is 114 Å². The van der Waals surface area contributed by atoms with Crippen molar-refractivity contribution in [3.8, 4) is 0 Å². The summed E-state index contributed by atoms with van der Waals surface area (Å²) in [6.07, 6.45) is 6.02. The highest BCUT2D eigenvalue weighted by molar-refractivity contribution is 5.96. The fourth-order valence-corrected chi connectivity index (χ4v) is 2.82. The number of aryl methyl sites for hydroxylation is 1. The lowest BCUT2D eigenvalue weighted by atomic mass is 9.94. The number of anilines is 1. The van der Waals surface area contributed by atoms with E-state index >= 15 is 0 Å². The molecule has 1 amide bonds. The third-order valence-electron chi connectivity index (χ3n) is 4.07. The zero-order valence-corrected chi connectivity index (χ0v) is 11.8. The van der Waals surface area contributed by atoms with Gasteiger partial charge in [0.2, 0.25) is 0 Å². The summed E-state index contributed by atoms with van der Waals surface area (Å²) in [4.78, 5) is 14.5. The van der Waals surface area contributed by atoms with Gasteiger partial charge in [0, 0.05) is 24.3 Å². The molecule has 0 saturated heterocycles. The Hall–Kier alpha value is -1.55. The molecule has 0 heterocycles. The molecule has 0 spiro atoms. The van der Waals surface area contributed by atoms with Gasteiger partial charge in [-0.25, -0.2) is 0 Å². The molecule has 0 radical (unpaired) electrons. The third kappa shape index (κ3) is 3.07. The van der Waals surface area contributed by atoms with Crippen LogP contribution in [0.4, 0.5) is 5.69 Å². The van der Waals surface area contributed by atoms with Crippen molar-refractivity contribution in [3.63, 3.8) is 0 Å². The number of carbonyl (C=O) groups is 1. The fourth-order valence-electron chi connectivity index (χ4n) is 2.82. The van der Waals surface area contributed by atoms with Crippen LogP contribution < -0.4 is 11.3 Å². The number of rotatable bonds is 3. The molecule has 1 aliphatic carbocycles. The molecule has 3 N–H and O–H groups in total. The maximum absolute atomic E-state index is 12.5. The topological polar surface area (TPSA) is 58.4 Å². The van der Waals surface area contributed by atoms with Crippen molar-refractivity contribution in [2.45, 2.75) is 45.1 Å². The van der Waals surface area contributed by atoms with Gasteiger partial charge in [-0.1, -0.05) is 19.3 Å². The minimum atomic E-state index is 0.118. The van der Waals surface area contributed by atoms with Gasteiger partial charge >= 0.3 is 0 Å². The molecule has 1 aliphatic rings. The number of carbonyl (C=O) groups excluding carboxylic acids is 1. The zero-order valence-electron chi connectivity index (χ0n) is 11.8. The smallest absolute Gasteiger partial charge is 0.254 e. The Kier molecular flexibility index (Phi) is 4.43. The first-order valence-electron chi connectivity index (χ1n) is 6.98. The molecule has 2 rings (SSSR count). The number of nitrogens with zero attached hydrogens (tertiary/aromatic N) is 1. The van der Waals surface area contributed by atoms with Gasteiger partial charge < -0.3 is 10.3 Å². The highest BCUT2D eigenvalue weighted by atomic mass is 16.2. The second-order valence-corrected chi connectivity index (χ2v) is 5.38. The van der Waals surface area contributed by atoms with E-state index in [0.29, 0.717) is 6.04 Å². The molecule has 19 heavy (non-hydrogen) atoms. The second-order valence-electron chi connectivity index (χ2n) is 5.38. The number of nitrogens with one attached hydrogen (secondary N) is 1. The first-order chi connectivity index (χ1) is 9.13. The summed E-state index contributed by atoms with van der Waals surface area (Å²) in [5.41, 5.74) is 5.16. The maximum atomic E-state index is 12.5. The van der Waals surface area contributed by atoms with Crippen molar-refractivity contribution in [2.24, 2.45) is 5.84 Å². The number of benzene rings is 1. The summed E-state index contributed by atoms with van der Waals surface area (Å²) >= 11 is 0. The second kappa shape index (κ2) is 6.06. The Bertz CT molecular complexity index is 453. The molecule has 1 aromatic rings. The zero-order chi connectivity index (χ0) is 13.8. The van der Waals surface area contributed by atoms with Crippen LogP contribution in [0.15, 0.2) is 18.2 Å².